The van der Waals surface area contributed by atoms with Gasteiger partial charge in [0.2, 0.25) is 0 Å². The van der Waals surface area contributed by atoms with Gasteiger partial charge in [0.05, 0.1) is 6.20 Å². The molecule has 1 aromatic heterocycles. The number of nitrogens with zero attached hydrogens (tertiary/aromatic N) is 3. The fourth-order valence-electron chi connectivity index (χ4n) is 1.46. The van der Waals surface area contributed by atoms with Crippen LogP contribution in [0.1, 0.15) is 6.42 Å². The quantitative estimate of drug-likeness (QED) is 0.643. The average molecular weight is 152 g/mol. The standard InChI is InChI=1S/C7H12N4/c1-2-8-5-7(1)6-11-4-3-9-10-11/h3-4,7-8H,1-2,5-6H2/t7-/m1/s1. The summed E-state index contributed by atoms with van der Waals surface area (Å²) in [6, 6.07) is 0. The van der Waals surface area contributed by atoms with Crippen molar-refractivity contribution in [2.75, 3.05) is 13.1 Å². The van der Waals surface area contributed by atoms with Gasteiger partial charge in [0, 0.05) is 12.7 Å². The van der Waals surface area contributed by atoms with Gasteiger partial charge in [0.25, 0.3) is 0 Å². The van der Waals surface area contributed by atoms with Crippen LogP contribution in [0.2, 0.25) is 0 Å². The maximum atomic E-state index is 3.92. The van der Waals surface area contributed by atoms with Crippen LogP contribution in [0.25, 0.3) is 0 Å². The molecule has 1 saturated heterocycles. The van der Waals surface area contributed by atoms with Crippen molar-refractivity contribution in [2.24, 2.45) is 5.92 Å². The van der Waals surface area contributed by atoms with E-state index in [1.165, 1.54) is 6.42 Å². The fourth-order valence-corrected chi connectivity index (χ4v) is 1.46. The lowest BCUT2D eigenvalue weighted by Crippen LogP contribution is -2.14. The summed E-state index contributed by atoms with van der Waals surface area (Å²) in [5, 5.41) is 11.0. The SMILES string of the molecule is c1cn(C[C@@H]2CCNC2)nn1. The molecule has 0 unspecified atom stereocenters. The van der Waals surface area contributed by atoms with Gasteiger partial charge in [-0.3, -0.25) is 4.68 Å². The van der Waals surface area contributed by atoms with Crippen molar-refractivity contribution >= 4 is 0 Å². The molecule has 1 aliphatic rings. The summed E-state index contributed by atoms with van der Waals surface area (Å²) in [4.78, 5) is 0. The summed E-state index contributed by atoms with van der Waals surface area (Å²) >= 11 is 0. The Hall–Kier alpha value is -0.900. The molecule has 2 heterocycles. The molecular weight excluding hydrogens is 140 g/mol. The molecule has 60 valence electrons. The molecule has 0 aromatic carbocycles. The Morgan fingerprint density at radius 2 is 2.64 bits per heavy atom. The largest absolute Gasteiger partial charge is 0.316 e. The van der Waals surface area contributed by atoms with Gasteiger partial charge in [0.1, 0.15) is 0 Å². The molecular formula is C7H12N4. The predicted octanol–water partition coefficient (Wildman–Crippen LogP) is -0.112. The van der Waals surface area contributed by atoms with E-state index in [0.29, 0.717) is 0 Å². The van der Waals surface area contributed by atoms with Crippen LogP contribution in [0.15, 0.2) is 12.4 Å². The van der Waals surface area contributed by atoms with Gasteiger partial charge in [-0.2, -0.15) is 0 Å². The molecule has 1 N–H and O–H groups in total. The van der Waals surface area contributed by atoms with Crippen molar-refractivity contribution in [3.63, 3.8) is 0 Å². The molecule has 0 saturated carbocycles. The second-order valence-corrected chi connectivity index (χ2v) is 2.98. The minimum Gasteiger partial charge on any atom is -0.316 e. The number of hydrogen-bond acceptors (Lipinski definition) is 3. The van der Waals surface area contributed by atoms with E-state index in [-0.39, 0.29) is 0 Å². The molecule has 2 rings (SSSR count). The van der Waals surface area contributed by atoms with Crippen molar-refractivity contribution in [3.8, 4) is 0 Å². The first-order valence-corrected chi connectivity index (χ1v) is 4.00. The van der Waals surface area contributed by atoms with Crippen molar-refractivity contribution in [1.82, 2.24) is 20.3 Å². The number of aromatic nitrogens is 3. The maximum absolute atomic E-state index is 3.92. The van der Waals surface area contributed by atoms with E-state index in [2.05, 4.69) is 15.6 Å². The van der Waals surface area contributed by atoms with E-state index >= 15 is 0 Å². The van der Waals surface area contributed by atoms with E-state index in [4.69, 9.17) is 0 Å². The highest BCUT2D eigenvalue weighted by Gasteiger charge is 2.14. The van der Waals surface area contributed by atoms with Gasteiger partial charge in [0.15, 0.2) is 0 Å². The summed E-state index contributed by atoms with van der Waals surface area (Å²) in [5.74, 6) is 0.747. The van der Waals surface area contributed by atoms with Gasteiger partial charge < -0.3 is 5.32 Å². The van der Waals surface area contributed by atoms with E-state index in [1.807, 2.05) is 10.9 Å². The molecule has 0 radical (unpaired) electrons. The summed E-state index contributed by atoms with van der Waals surface area (Å²) in [7, 11) is 0. The summed E-state index contributed by atoms with van der Waals surface area (Å²) in [6.45, 7) is 3.28. The van der Waals surface area contributed by atoms with Crippen molar-refractivity contribution in [1.29, 1.82) is 0 Å². The monoisotopic (exact) mass is 152 g/mol. The third kappa shape index (κ3) is 1.57. The Bertz CT molecular complexity index is 200. The normalized spacial score (nSPS) is 24.2. The van der Waals surface area contributed by atoms with Gasteiger partial charge in [-0.15, -0.1) is 5.10 Å². The van der Waals surface area contributed by atoms with Gasteiger partial charge >= 0.3 is 0 Å². The minimum absolute atomic E-state index is 0.747. The highest BCUT2D eigenvalue weighted by atomic mass is 15.4. The van der Waals surface area contributed by atoms with Crippen LogP contribution < -0.4 is 5.32 Å². The van der Waals surface area contributed by atoms with E-state index in [9.17, 15) is 0 Å². The molecule has 0 bridgehead atoms. The molecule has 1 atom stereocenters. The van der Waals surface area contributed by atoms with Crippen LogP contribution in [0, 0.1) is 5.92 Å². The van der Waals surface area contributed by atoms with Crippen LogP contribution in [-0.2, 0) is 6.54 Å². The molecule has 0 amide bonds. The summed E-state index contributed by atoms with van der Waals surface area (Å²) < 4.78 is 1.90. The van der Waals surface area contributed by atoms with Crippen molar-refractivity contribution < 1.29 is 0 Å². The highest BCUT2D eigenvalue weighted by Crippen LogP contribution is 2.08. The number of hydrogen-bond donors (Lipinski definition) is 1. The number of rotatable bonds is 2. The first-order chi connectivity index (χ1) is 5.45. The molecule has 0 spiro atoms. The third-order valence-corrected chi connectivity index (χ3v) is 2.08. The zero-order valence-electron chi connectivity index (χ0n) is 6.40. The lowest BCUT2D eigenvalue weighted by Gasteiger charge is -2.05. The fraction of sp³-hybridized carbons (Fsp3) is 0.714. The van der Waals surface area contributed by atoms with E-state index in [0.717, 1.165) is 25.6 Å². The Balaban J connectivity index is 1.90. The molecule has 0 aliphatic carbocycles. The zero-order valence-corrected chi connectivity index (χ0v) is 6.40. The first kappa shape index (κ1) is 6.79. The highest BCUT2D eigenvalue weighted by molar-refractivity contribution is 4.73. The third-order valence-electron chi connectivity index (χ3n) is 2.08. The maximum Gasteiger partial charge on any atom is 0.0692 e. The Morgan fingerprint density at radius 3 is 3.27 bits per heavy atom. The average Bonchev–Trinajstić information content (AvgIpc) is 2.60. The second kappa shape index (κ2) is 3.00. The summed E-state index contributed by atoms with van der Waals surface area (Å²) in [6.07, 6.45) is 4.90. The predicted molar refractivity (Wildman–Crippen MR) is 41.0 cm³/mol. The molecule has 1 fully saturated rings. The molecule has 11 heavy (non-hydrogen) atoms. The van der Waals surface area contributed by atoms with Crippen LogP contribution in [0.4, 0.5) is 0 Å². The van der Waals surface area contributed by atoms with Crippen LogP contribution >= 0.6 is 0 Å². The van der Waals surface area contributed by atoms with Gasteiger partial charge in [-0.25, -0.2) is 0 Å². The van der Waals surface area contributed by atoms with E-state index < -0.39 is 0 Å². The Labute approximate surface area is 65.6 Å². The minimum atomic E-state index is 0.747. The molecule has 1 aromatic rings. The second-order valence-electron chi connectivity index (χ2n) is 2.98. The van der Waals surface area contributed by atoms with Crippen LogP contribution in [-0.4, -0.2) is 28.1 Å². The summed E-state index contributed by atoms with van der Waals surface area (Å²) in [5.41, 5.74) is 0. The Morgan fingerprint density at radius 1 is 1.64 bits per heavy atom. The van der Waals surface area contributed by atoms with Crippen LogP contribution in [0.5, 0.6) is 0 Å². The van der Waals surface area contributed by atoms with Crippen LogP contribution in [0.3, 0.4) is 0 Å². The van der Waals surface area contributed by atoms with Gasteiger partial charge in [-0.1, -0.05) is 5.21 Å². The smallest absolute Gasteiger partial charge is 0.0692 e. The molecule has 4 heteroatoms. The first-order valence-electron chi connectivity index (χ1n) is 4.00. The van der Waals surface area contributed by atoms with Gasteiger partial charge in [-0.05, 0) is 25.4 Å². The van der Waals surface area contributed by atoms with E-state index in [1.54, 1.807) is 6.20 Å². The topological polar surface area (TPSA) is 42.7 Å². The Kier molecular flexibility index (Phi) is 1.85. The lowest BCUT2D eigenvalue weighted by atomic mass is 10.1. The van der Waals surface area contributed by atoms with Crippen molar-refractivity contribution in [2.45, 2.75) is 13.0 Å². The van der Waals surface area contributed by atoms with Crippen molar-refractivity contribution in [3.05, 3.63) is 12.4 Å². The lowest BCUT2D eigenvalue weighted by molar-refractivity contribution is 0.441. The zero-order chi connectivity index (χ0) is 7.52. The molecule has 4 nitrogen and oxygen atoms in total. The molecule has 1 aliphatic heterocycles. The number of nitrogens with one attached hydrogen (secondary N) is 1.